The number of hydrogen-bond acceptors (Lipinski definition) is 5. The van der Waals surface area contributed by atoms with Gasteiger partial charge in [-0.25, -0.2) is 4.39 Å². The summed E-state index contributed by atoms with van der Waals surface area (Å²) in [7, 11) is 0. The first-order valence-electron chi connectivity index (χ1n) is 11.4. The standard InChI is InChI=1S/C27H17F7N4O/c28-22-6-2-1-5-21(22)20-8-10-35-14-17(20)15-38-24(23-7-3-4-9-36-23)37-39-25(38)16-11-18(26(29,30)31)13-19(12-16)27(32,33)34/h1-14,25H,15H2. The number of hydrogen-bond donors (Lipinski definition) is 0. The molecule has 12 heteroatoms. The molecule has 0 aliphatic carbocycles. The van der Waals surface area contributed by atoms with Gasteiger partial charge in [0.2, 0.25) is 6.23 Å². The molecule has 0 amide bonds. The number of halogens is 7. The van der Waals surface area contributed by atoms with Crippen LogP contribution in [0.3, 0.4) is 0 Å². The van der Waals surface area contributed by atoms with E-state index in [9.17, 15) is 30.7 Å². The second-order valence-electron chi connectivity index (χ2n) is 8.57. The normalized spacial score (nSPS) is 15.7. The van der Waals surface area contributed by atoms with Gasteiger partial charge < -0.3 is 9.74 Å². The molecule has 5 rings (SSSR count). The molecule has 1 aliphatic rings. The molecular weight excluding hydrogens is 529 g/mol. The number of nitrogens with zero attached hydrogens (tertiary/aromatic N) is 4. The highest BCUT2D eigenvalue weighted by Gasteiger charge is 2.40. The molecule has 0 bridgehead atoms. The Morgan fingerprint density at radius 2 is 1.49 bits per heavy atom. The van der Waals surface area contributed by atoms with E-state index in [1.54, 1.807) is 36.4 Å². The molecule has 0 saturated heterocycles. The molecule has 3 heterocycles. The van der Waals surface area contributed by atoms with Crippen LogP contribution < -0.4 is 0 Å². The minimum absolute atomic E-state index is 0.0424. The summed E-state index contributed by atoms with van der Waals surface area (Å²) >= 11 is 0. The van der Waals surface area contributed by atoms with Gasteiger partial charge in [-0.05, 0) is 53.6 Å². The van der Waals surface area contributed by atoms with Gasteiger partial charge in [0.25, 0.3) is 0 Å². The second kappa shape index (κ2) is 10.0. The van der Waals surface area contributed by atoms with Crippen molar-refractivity contribution in [2.45, 2.75) is 25.1 Å². The van der Waals surface area contributed by atoms with Gasteiger partial charge in [0.15, 0.2) is 5.84 Å². The zero-order chi connectivity index (χ0) is 27.8. The molecule has 1 atom stereocenters. The van der Waals surface area contributed by atoms with Crippen molar-refractivity contribution < 1.29 is 35.6 Å². The van der Waals surface area contributed by atoms with Crippen LogP contribution in [0.5, 0.6) is 0 Å². The lowest BCUT2D eigenvalue weighted by Crippen LogP contribution is -2.32. The van der Waals surface area contributed by atoms with Crippen LogP contribution in [-0.4, -0.2) is 20.7 Å². The Labute approximate surface area is 217 Å². The third-order valence-corrected chi connectivity index (χ3v) is 5.99. The first kappa shape index (κ1) is 26.1. The van der Waals surface area contributed by atoms with Crippen LogP contribution in [0.4, 0.5) is 30.7 Å². The maximum absolute atomic E-state index is 14.7. The monoisotopic (exact) mass is 546 g/mol. The Morgan fingerprint density at radius 3 is 2.13 bits per heavy atom. The average molecular weight is 546 g/mol. The summed E-state index contributed by atoms with van der Waals surface area (Å²) in [5, 5.41) is 3.97. The van der Waals surface area contributed by atoms with Gasteiger partial charge >= 0.3 is 12.4 Å². The van der Waals surface area contributed by atoms with Crippen LogP contribution in [0.15, 0.2) is 90.5 Å². The van der Waals surface area contributed by atoms with Gasteiger partial charge in [-0.1, -0.05) is 29.4 Å². The second-order valence-corrected chi connectivity index (χ2v) is 8.57. The predicted molar refractivity (Wildman–Crippen MR) is 126 cm³/mol. The number of aromatic nitrogens is 2. The van der Waals surface area contributed by atoms with Crippen molar-refractivity contribution in [2.24, 2.45) is 5.16 Å². The fourth-order valence-electron chi connectivity index (χ4n) is 4.21. The predicted octanol–water partition coefficient (Wildman–Crippen LogP) is 7.21. The number of oxime groups is 1. The maximum atomic E-state index is 14.7. The molecular formula is C27H17F7N4O. The van der Waals surface area contributed by atoms with Crippen molar-refractivity contribution in [3.63, 3.8) is 0 Å². The molecule has 0 radical (unpaired) electrons. The number of amidine groups is 1. The highest BCUT2D eigenvalue weighted by atomic mass is 19.4. The Bertz CT molecular complexity index is 1490. The molecule has 0 spiro atoms. The summed E-state index contributed by atoms with van der Waals surface area (Å²) < 4.78 is 96.2. The zero-order valence-corrected chi connectivity index (χ0v) is 19.7. The van der Waals surface area contributed by atoms with Crippen LogP contribution in [0.2, 0.25) is 0 Å². The van der Waals surface area contributed by atoms with Crippen molar-refractivity contribution >= 4 is 5.84 Å². The van der Waals surface area contributed by atoms with E-state index < -0.39 is 41.1 Å². The van der Waals surface area contributed by atoms with E-state index in [4.69, 9.17) is 4.84 Å². The number of rotatable bonds is 5. The molecule has 39 heavy (non-hydrogen) atoms. The van der Waals surface area contributed by atoms with Gasteiger partial charge in [-0.3, -0.25) is 9.97 Å². The summed E-state index contributed by atoms with van der Waals surface area (Å²) in [5.74, 6) is -0.458. The maximum Gasteiger partial charge on any atom is 0.416 e. The number of alkyl halides is 6. The van der Waals surface area contributed by atoms with E-state index in [2.05, 4.69) is 15.1 Å². The molecule has 0 N–H and O–H groups in total. The highest BCUT2D eigenvalue weighted by molar-refractivity contribution is 5.97. The van der Waals surface area contributed by atoms with Crippen LogP contribution in [0.25, 0.3) is 11.1 Å². The van der Waals surface area contributed by atoms with Crippen LogP contribution in [-0.2, 0) is 23.7 Å². The van der Waals surface area contributed by atoms with E-state index >= 15 is 0 Å². The smallest absolute Gasteiger partial charge is 0.363 e. The lowest BCUT2D eigenvalue weighted by molar-refractivity contribution is -0.143. The number of benzene rings is 2. The molecule has 2 aromatic heterocycles. The highest BCUT2D eigenvalue weighted by Crippen LogP contribution is 2.41. The SMILES string of the molecule is Fc1ccccc1-c1ccncc1CN1C(c2ccccn2)=NOC1c1cc(C(F)(F)F)cc(C(F)(F)F)c1. The minimum Gasteiger partial charge on any atom is -0.363 e. The topological polar surface area (TPSA) is 50.6 Å². The lowest BCUT2D eigenvalue weighted by atomic mass is 9.99. The van der Waals surface area contributed by atoms with Crippen molar-refractivity contribution in [3.8, 4) is 11.1 Å². The summed E-state index contributed by atoms with van der Waals surface area (Å²) in [5.41, 5.74) is -2.06. The summed E-state index contributed by atoms with van der Waals surface area (Å²) in [6.45, 7) is -0.158. The molecule has 1 aliphatic heterocycles. The summed E-state index contributed by atoms with van der Waals surface area (Å²) in [6.07, 6.45) is -7.26. The van der Waals surface area contributed by atoms with Crippen LogP contribution >= 0.6 is 0 Å². The first-order chi connectivity index (χ1) is 18.5. The molecule has 4 aromatic rings. The van der Waals surface area contributed by atoms with Crippen LogP contribution in [0.1, 0.15) is 34.2 Å². The molecule has 5 nitrogen and oxygen atoms in total. The molecule has 200 valence electrons. The Kier molecular flexibility index (Phi) is 6.71. The first-order valence-corrected chi connectivity index (χ1v) is 11.4. The molecule has 1 unspecified atom stereocenters. The van der Waals surface area contributed by atoms with E-state index in [-0.39, 0.29) is 29.7 Å². The Hall–Kier alpha value is -4.48. The van der Waals surface area contributed by atoms with Gasteiger partial charge in [-0.15, -0.1) is 0 Å². The van der Waals surface area contributed by atoms with Crippen molar-refractivity contribution in [2.75, 3.05) is 0 Å². The molecule has 0 saturated carbocycles. The van der Waals surface area contributed by atoms with Gasteiger partial charge in [0.1, 0.15) is 11.5 Å². The van der Waals surface area contributed by atoms with Crippen molar-refractivity contribution in [1.29, 1.82) is 0 Å². The van der Waals surface area contributed by atoms with Gasteiger partial charge in [-0.2, -0.15) is 26.3 Å². The van der Waals surface area contributed by atoms with Gasteiger partial charge in [0, 0.05) is 29.7 Å². The largest absolute Gasteiger partial charge is 0.416 e. The average Bonchev–Trinajstić information content (AvgIpc) is 3.32. The summed E-state index contributed by atoms with van der Waals surface area (Å²) in [6, 6.07) is 13.6. The van der Waals surface area contributed by atoms with Crippen molar-refractivity contribution in [1.82, 2.24) is 14.9 Å². The fourth-order valence-corrected chi connectivity index (χ4v) is 4.21. The van der Waals surface area contributed by atoms with E-state index in [0.29, 0.717) is 23.3 Å². The Balaban J connectivity index is 1.63. The third kappa shape index (κ3) is 5.40. The van der Waals surface area contributed by atoms with E-state index in [1.807, 2.05) is 0 Å². The third-order valence-electron chi connectivity index (χ3n) is 5.99. The quantitative estimate of drug-likeness (QED) is 0.248. The lowest BCUT2D eigenvalue weighted by Gasteiger charge is -2.27. The van der Waals surface area contributed by atoms with E-state index in [1.165, 1.54) is 35.6 Å². The fraction of sp³-hybridized carbons (Fsp3) is 0.148. The molecule has 0 fully saturated rings. The molecule has 2 aromatic carbocycles. The Morgan fingerprint density at radius 1 is 0.795 bits per heavy atom. The van der Waals surface area contributed by atoms with E-state index in [0.717, 1.165) is 0 Å². The van der Waals surface area contributed by atoms with Crippen molar-refractivity contribution in [3.05, 3.63) is 119 Å². The number of pyridine rings is 2. The summed E-state index contributed by atoms with van der Waals surface area (Å²) in [4.78, 5) is 15.1. The minimum atomic E-state index is -5.05. The van der Waals surface area contributed by atoms with Gasteiger partial charge in [0.05, 0.1) is 17.7 Å². The zero-order valence-electron chi connectivity index (χ0n) is 19.7. The van der Waals surface area contributed by atoms with Crippen LogP contribution in [0, 0.1) is 5.82 Å².